The summed E-state index contributed by atoms with van der Waals surface area (Å²) >= 11 is 0. The van der Waals surface area contributed by atoms with Crippen molar-refractivity contribution in [2.45, 2.75) is 89.6 Å². The molecule has 2 unspecified atom stereocenters. The lowest BCUT2D eigenvalue weighted by Crippen LogP contribution is -2.50. The maximum Gasteiger partial charge on any atom is 0.223 e. The van der Waals surface area contributed by atoms with Crippen LogP contribution in [0.1, 0.15) is 77.6 Å². The Hall–Kier alpha value is -1.10. The second-order valence-corrected chi connectivity index (χ2v) is 8.91. The van der Waals surface area contributed by atoms with Crippen molar-refractivity contribution in [1.82, 2.24) is 16.0 Å². The summed E-state index contributed by atoms with van der Waals surface area (Å²) in [6.45, 7) is 4.19. The van der Waals surface area contributed by atoms with E-state index in [0.717, 1.165) is 45.2 Å². The van der Waals surface area contributed by atoms with Gasteiger partial charge in [0.2, 0.25) is 11.8 Å². The van der Waals surface area contributed by atoms with Crippen LogP contribution in [-0.2, 0) is 9.59 Å². The molecule has 2 aliphatic carbocycles. The normalized spacial score (nSPS) is 33.4. The molecule has 2 saturated carbocycles. The van der Waals surface area contributed by atoms with Gasteiger partial charge in [-0.25, -0.2) is 0 Å². The van der Waals surface area contributed by atoms with Crippen LogP contribution < -0.4 is 16.0 Å². The fourth-order valence-electron chi connectivity index (χ4n) is 4.97. The third-order valence-electron chi connectivity index (χ3n) is 6.77. The van der Waals surface area contributed by atoms with E-state index in [1.165, 1.54) is 32.1 Å². The molecule has 5 nitrogen and oxygen atoms in total. The summed E-state index contributed by atoms with van der Waals surface area (Å²) < 4.78 is 0. The molecule has 3 aliphatic rings. The van der Waals surface area contributed by atoms with Gasteiger partial charge in [-0.1, -0.05) is 26.2 Å². The van der Waals surface area contributed by atoms with Gasteiger partial charge in [-0.2, -0.15) is 0 Å². The van der Waals surface area contributed by atoms with Crippen LogP contribution in [0.2, 0.25) is 0 Å². The SMILES string of the molecule is CC1CNCCC1NC(=O)C1CCC(NC(=O)CC2CCCCC2)CC1. The van der Waals surface area contributed by atoms with Gasteiger partial charge in [-0.05, 0) is 69.9 Å². The van der Waals surface area contributed by atoms with Crippen molar-refractivity contribution >= 4 is 11.8 Å². The van der Waals surface area contributed by atoms with E-state index >= 15 is 0 Å². The van der Waals surface area contributed by atoms with Crippen LogP contribution in [0.25, 0.3) is 0 Å². The first-order valence-corrected chi connectivity index (χ1v) is 10.9. The highest BCUT2D eigenvalue weighted by molar-refractivity contribution is 5.79. The molecule has 0 aromatic heterocycles. The van der Waals surface area contributed by atoms with Gasteiger partial charge in [-0.15, -0.1) is 0 Å². The Labute approximate surface area is 158 Å². The second kappa shape index (κ2) is 9.72. The lowest BCUT2D eigenvalue weighted by Gasteiger charge is -2.33. The van der Waals surface area contributed by atoms with E-state index in [1.807, 2.05) is 0 Å². The monoisotopic (exact) mass is 363 g/mol. The van der Waals surface area contributed by atoms with Crippen molar-refractivity contribution < 1.29 is 9.59 Å². The molecule has 1 aliphatic heterocycles. The Morgan fingerprint density at radius 3 is 2.35 bits per heavy atom. The molecular formula is C21H37N3O2. The molecule has 0 radical (unpaired) electrons. The van der Waals surface area contributed by atoms with Crippen molar-refractivity contribution in [2.24, 2.45) is 17.8 Å². The van der Waals surface area contributed by atoms with Crippen LogP contribution in [0.3, 0.4) is 0 Å². The first-order valence-electron chi connectivity index (χ1n) is 10.9. The number of nitrogens with one attached hydrogen (secondary N) is 3. The number of piperidine rings is 1. The summed E-state index contributed by atoms with van der Waals surface area (Å²) in [5.41, 5.74) is 0. The summed E-state index contributed by atoms with van der Waals surface area (Å²) in [5.74, 6) is 1.69. The van der Waals surface area contributed by atoms with Gasteiger partial charge < -0.3 is 16.0 Å². The second-order valence-electron chi connectivity index (χ2n) is 8.91. The summed E-state index contributed by atoms with van der Waals surface area (Å²) in [6.07, 6.45) is 11.8. The third-order valence-corrected chi connectivity index (χ3v) is 6.77. The predicted molar refractivity (Wildman–Crippen MR) is 104 cm³/mol. The van der Waals surface area contributed by atoms with Crippen LogP contribution in [0.4, 0.5) is 0 Å². The standard InChI is InChI=1S/C21H37N3O2/c1-15-14-22-12-11-19(15)24-21(26)17-7-9-18(10-8-17)23-20(25)13-16-5-3-2-4-6-16/h15-19,22H,2-14H2,1H3,(H,23,25)(H,24,26). The largest absolute Gasteiger partial charge is 0.353 e. The fourth-order valence-corrected chi connectivity index (χ4v) is 4.97. The Bertz CT molecular complexity index is 468. The molecule has 0 spiro atoms. The molecule has 0 aromatic rings. The summed E-state index contributed by atoms with van der Waals surface area (Å²) in [6, 6.07) is 0.588. The number of carbonyl (C=O) groups is 2. The molecule has 2 amide bonds. The van der Waals surface area contributed by atoms with Gasteiger partial charge in [0.25, 0.3) is 0 Å². The third kappa shape index (κ3) is 5.70. The van der Waals surface area contributed by atoms with Crippen LogP contribution >= 0.6 is 0 Å². The van der Waals surface area contributed by atoms with Gasteiger partial charge in [0.15, 0.2) is 0 Å². The first-order chi connectivity index (χ1) is 12.6. The van der Waals surface area contributed by atoms with Gasteiger partial charge >= 0.3 is 0 Å². The zero-order valence-electron chi connectivity index (χ0n) is 16.4. The van der Waals surface area contributed by atoms with Crippen LogP contribution in [0, 0.1) is 17.8 Å². The number of rotatable bonds is 5. The topological polar surface area (TPSA) is 70.2 Å². The number of hydrogen-bond acceptors (Lipinski definition) is 3. The average Bonchev–Trinajstić information content (AvgIpc) is 2.65. The highest BCUT2D eigenvalue weighted by atomic mass is 16.2. The molecular weight excluding hydrogens is 326 g/mol. The van der Waals surface area contributed by atoms with Gasteiger partial charge in [0, 0.05) is 24.4 Å². The van der Waals surface area contributed by atoms with Crippen molar-refractivity contribution in [1.29, 1.82) is 0 Å². The van der Waals surface area contributed by atoms with Gasteiger partial charge in [0.1, 0.15) is 0 Å². The summed E-state index contributed by atoms with van der Waals surface area (Å²) in [7, 11) is 0. The lowest BCUT2D eigenvalue weighted by molar-refractivity contribution is -0.127. The van der Waals surface area contributed by atoms with E-state index in [-0.39, 0.29) is 23.8 Å². The lowest BCUT2D eigenvalue weighted by atomic mass is 9.84. The van der Waals surface area contributed by atoms with Crippen molar-refractivity contribution in [3.8, 4) is 0 Å². The van der Waals surface area contributed by atoms with Crippen LogP contribution in [0.15, 0.2) is 0 Å². The zero-order valence-corrected chi connectivity index (χ0v) is 16.4. The molecule has 3 fully saturated rings. The quantitative estimate of drug-likeness (QED) is 0.703. The molecule has 3 N–H and O–H groups in total. The predicted octanol–water partition coefficient (Wildman–Crippen LogP) is 2.75. The smallest absolute Gasteiger partial charge is 0.223 e. The van der Waals surface area contributed by atoms with Crippen LogP contribution in [0.5, 0.6) is 0 Å². The van der Waals surface area contributed by atoms with Gasteiger partial charge in [-0.3, -0.25) is 9.59 Å². The van der Waals surface area contributed by atoms with Crippen molar-refractivity contribution in [3.05, 3.63) is 0 Å². The first kappa shape index (κ1) is 19.7. The highest BCUT2D eigenvalue weighted by Crippen LogP contribution is 2.28. The van der Waals surface area contributed by atoms with E-state index in [0.29, 0.717) is 24.3 Å². The Morgan fingerprint density at radius 1 is 0.923 bits per heavy atom. The molecule has 26 heavy (non-hydrogen) atoms. The summed E-state index contributed by atoms with van der Waals surface area (Å²) in [4.78, 5) is 24.9. The van der Waals surface area contributed by atoms with Crippen molar-refractivity contribution in [3.63, 3.8) is 0 Å². The highest BCUT2D eigenvalue weighted by Gasteiger charge is 2.30. The van der Waals surface area contributed by atoms with Crippen molar-refractivity contribution in [2.75, 3.05) is 13.1 Å². The molecule has 148 valence electrons. The fraction of sp³-hybridized carbons (Fsp3) is 0.905. The molecule has 3 rings (SSSR count). The molecule has 1 saturated heterocycles. The van der Waals surface area contributed by atoms with E-state index in [9.17, 15) is 9.59 Å². The van der Waals surface area contributed by atoms with E-state index < -0.39 is 0 Å². The average molecular weight is 364 g/mol. The minimum Gasteiger partial charge on any atom is -0.353 e. The Kier molecular flexibility index (Phi) is 7.35. The molecule has 0 bridgehead atoms. The minimum absolute atomic E-state index is 0.128. The molecule has 5 heteroatoms. The van der Waals surface area contributed by atoms with E-state index in [2.05, 4.69) is 22.9 Å². The van der Waals surface area contributed by atoms with Crippen LogP contribution in [-0.4, -0.2) is 37.0 Å². The van der Waals surface area contributed by atoms with Gasteiger partial charge in [0.05, 0.1) is 0 Å². The maximum absolute atomic E-state index is 12.6. The molecule has 1 heterocycles. The molecule has 0 aromatic carbocycles. The molecule has 2 atom stereocenters. The Morgan fingerprint density at radius 2 is 1.65 bits per heavy atom. The number of hydrogen-bond donors (Lipinski definition) is 3. The summed E-state index contributed by atoms with van der Waals surface area (Å²) in [5, 5.41) is 9.90. The number of carbonyl (C=O) groups excluding carboxylic acids is 2. The minimum atomic E-state index is 0.128. The Balaban J connectivity index is 1.35. The maximum atomic E-state index is 12.6. The number of amides is 2. The van der Waals surface area contributed by atoms with E-state index in [1.54, 1.807) is 0 Å². The van der Waals surface area contributed by atoms with E-state index in [4.69, 9.17) is 0 Å². The zero-order chi connectivity index (χ0) is 18.4.